The minimum absolute atomic E-state index is 0. The third kappa shape index (κ3) is 4.35. The van der Waals surface area contributed by atoms with Gasteiger partial charge < -0.3 is 15.5 Å². The molecule has 0 aromatic heterocycles. The molecule has 2 rings (SSSR count). The van der Waals surface area contributed by atoms with E-state index in [1.807, 2.05) is 16.7 Å². The molecule has 2 heterocycles. The Morgan fingerprint density at radius 3 is 2.36 bits per heavy atom. The molecule has 22 heavy (non-hydrogen) atoms. The molecule has 2 fully saturated rings. The van der Waals surface area contributed by atoms with Gasteiger partial charge in [-0.05, 0) is 45.1 Å². The summed E-state index contributed by atoms with van der Waals surface area (Å²) in [6.45, 7) is 7.09. The minimum atomic E-state index is 0. The molecule has 0 aromatic rings. The number of carbonyl (C=O) groups is 2. The molecule has 2 amide bonds. The Labute approximate surface area is 140 Å². The number of nitrogens with two attached hydrogens (primary N) is 1. The van der Waals surface area contributed by atoms with Crippen LogP contribution in [0.25, 0.3) is 0 Å². The summed E-state index contributed by atoms with van der Waals surface area (Å²) in [5.41, 5.74) is 5.73. The van der Waals surface area contributed by atoms with Crippen molar-refractivity contribution >= 4 is 24.2 Å². The van der Waals surface area contributed by atoms with E-state index in [1.54, 1.807) is 0 Å². The summed E-state index contributed by atoms with van der Waals surface area (Å²) in [6, 6.07) is 0.311. The van der Waals surface area contributed by atoms with Crippen molar-refractivity contribution in [3.63, 3.8) is 0 Å². The summed E-state index contributed by atoms with van der Waals surface area (Å²) < 4.78 is 0. The van der Waals surface area contributed by atoms with Crippen LogP contribution >= 0.6 is 12.4 Å². The highest BCUT2D eigenvalue weighted by Crippen LogP contribution is 2.27. The average molecular weight is 332 g/mol. The van der Waals surface area contributed by atoms with Gasteiger partial charge in [-0.25, -0.2) is 0 Å². The third-order valence-corrected chi connectivity index (χ3v) is 4.94. The molecule has 2 aliphatic heterocycles. The van der Waals surface area contributed by atoms with Gasteiger partial charge in [0.25, 0.3) is 0 Å². The Morgan fingerprint density at radius 2 is 1.86 bits per heavy atom. The molecule has 0 aromatic carbocycles. The van der Waals surface area contributed by atoms with Crippen LogP contribution in [0.15, 0.2) is 0 Å². The minimum Gasteiger partial charge on any atom is -0.343 e. The molecule has 2 saturated heterocycles. The smallest absolute Gasteiger partial charge is 0.226 e. The molecule has 0 saturated carbocycles. The largest absolute Gasteiger partial charge is 0.343 e. The van der Waals surface area contributed by atoms with Gasteiger partial charge in [0.05, 0.1) is 0 Å². The maximum atomic E-state index is 12.7. The van der Waals surface area contributed by atoms with Crippen LogP contribution in [-0.4, -0.2) is 53.8 Å². The summed E-state index contributed by atoms with van der Waals surface area (Å²) in [5, 5.41) is 0. The number of nitrogens with zero attached hydrogens (tertiary/aromatic N) is 2. The van der Waals surface area contributed by atoms with E-state index in [0.717, 1.165) is 45.3 Å². The molecule has 0 aliphatic carbocycles. The van der Waals surface area contributed by atoms with E-state index < -0.39 is 0 Å². The maximum Gasteiger partial charge on any atom is 0.226 e. The fourth-order valence-corrected chi connectivity index (χ4v) is 3.60. The van der Waals surface area contributed by atoms with Crippen LogP contribution in [0.2, 0.25) is 0 Å². The number of hydrogen-bond donors (Lipinski definition) is 1. The van der Waals surface area contributed by atoms with Crippen LogP contribution in [0.4, 0.5) is 0 Å². The fraction of sp³-hybridized carbons (Fsp3) is 0.875. The van der Waals surface area contributed by atoms with E-state index in [-0.39, 0.29) is 30.1 Å². The number of piperidine rings is 1. The van der Waals surface area contributed by atoms with Crippen LogP contribution < -0.4 is 5.73 Å². The number of rotatable bonds is 4. The SMILES string of the molecule is CCCC(=O)N1CCC(C(=O)N2CC(CN)CC2C)CC1.Cl. The Bertz CT molecular complexity index is 384. The summed E-state index contributed by atoms with van der Waals surface area (Å²) in [6.07, 6.45) is 4.16. The van der Waals surface area contributed by atoms with Crippen LogP contribution in [0, 0.1) is 11.8 Å². The lowest BCUT2D eigenvalue weighted by molar-refractivity contribution is -0.141. The fourth-order valence-electron chi connectivity index (χ4n) is 3.60. The number of carbonyl (C=O) groups excluding carboxylic acids is 2. The van der Waals surface area contributed by atoms with Crippen molar-refractivity contribution in [1.29, 1.82) is 0 Å². The number of likely N-dealkylation sites (tertiary alicyclic amines) is 2. The molecule has 6 heteroatoms. The zero-order chi connectivity index (χ0) is 15.4. The monoisotopic (exact) mass is 331 g/mol. The van der Waals surface area contributed by atoms with Gasteiger partial charge in [0, 0.05) is 38.0 Å². The Hall–Kier alpha value is -0.810. The summed E-state index contributed by atoms with van der Waals surface area (Å²) in [5.74, 6) is 1.06. The third-order valence-electron chi connectivity index (χ3n) is 4.94. The highest BCUT2D eigenvalue weighted by Gasteiger charge is 2.36. The lowest BCUT2D eigenvalue weighted by Gasteiger charge is -2.34. The van der Waals surface area contributed by atoms with Crippen molar-refractivity contribution in [2.75, 3.05) is 26.2 Å². The van der Waals surface area contributed by atoms with Crippen molar-refractivity contribution in [3.8, 4) is 0 Å². The van der Waals surface area contributed by atoms with E-state index in [2.05, 4.69) is 6.92 Å². The standard InChI is InChI=1S/C16H29N3O2.ClH/c1-3-4-15(20)18-7-5-14(6-8-18)16(21)19-11-13(10-17)9-12(19)2;/h12-14H,3-11,17H2,1-2H3;1H. The van der Waals surface area contributed by atoms with Crippen LogP contribution in [0.5, 0.6) is 0 Å². The second-order valence-electron chi connectivity index (χ2n) is 6.58. The van der Waals surface area contributed by atoms with Gasteiger partial charge in [-0.1, -0.05) is 6.92 Å². The first-order valence-electron chi connectivity index (χ1n) is 8.35. The van der Waals surface area contributed by atoms with Gasteiger partial charge in [-0.2, -0.15) is 0 Å². The first kappa shape index (κ1) is 19.2. The first-order chi connectivity index (χ1) is 10.1. The summed E-state index contributed by atoms with van der Waals surface area (Å²) in [7, 11) is 0. The van der Waals surface area contributed by atoms with Gasteiger partial charge in [-0.3, -0.25) is 9.59 Å². The van der Waals surface area contributed by atoms with E-state index in [9.17, 15) is 9.59 Å². The molecular formula is C16H30ClN3O2. The second kappa shape index (κ2) is 8.73. The Kier molecular flexibility index (Phi) is 7.63. The predicted molar refractivity (Wildman–Crippen MR) is 89.8 cm³/mol. The zero-order valence-electron chi connectivity index (χ0n) is 13.8. The van der Waals surface area contributed by atoms with Crippen LogP contribution in [0.1, 0.15) is 46.0 Å². The van der Waals surface area contributed by atoms with E-state index >= 15 is 0 Å². The average Bonchev–Trinajstić information content (AvgIpc) is 2.88. The molecule has 0 radical (unpaired) electrons. The molecule has 2 unspecified atom stereocenters. The molecule has 128 valence electrons. The van der Waals surface area contributed by atoms with E-state index in [4.69, 9.17) is 5.73 Å². The Morgan fingerprint density at radius 1 is 1.23 bits per heavy atom. The lowest BCUT2D eigenvalue weighted by Crippen LogP contribution is -2.45. The predicted octanol–water partition coefficient (Wildman–Crippen LogP) is 1.64. The van der Waals surface area contributed by atoms with Crippen molar-refractivity contribution in [1.82, 2.24) is 9.80 Å². The van der Waals surface area contributed by atoms with Crippen molar-refractivity contribution in [2.45, 2.75) is 52.0 Å². The molecule has 2 atom stereocenters. The quantitative estimate of drug-likeness (QED) is 0.851. The van der Waals surface area contributed by atoms with Crippen LogP contribution in [0.3, 0.4) is 0 Å². The number of amides is 2. The molecule has 0 spiro atoms. The van der Waals surface area contributed by atoms with Crippen molar-refractivity contribution in [2.24, 2.45) is 17.6 Å². The van der Waals surface area contributed by atoms with Gasteiger partial charge in [0.1, 0.15) is 0 Å². The van der Waals surface area contributed by atoms with Crippen molar-refractivity contribution in [3.05, 3.63) is 0 Å². The van der Waals surface area contributed by atoms with E-state index in [0.29, 0.717) is 24.9 Å². The van der Waals surface area contributed by atoms with Gasteiger partial charge in [-0.15, -0.1) is 12.4 Å². The summed E-state index contributed by atoms with van der Waals surface area (Å²) in [4.78, 5) is 28.5. The lowest BCUT2D eigenvalue weighted by atomic mass is 9.94. The zero-order valence-corrected chi connectivity index (χ0v) is 14.6. The highest BCUT2D eigenvalue weighted by molar-refractivity contribution is 5.85. The molecule has 2 aliphatic rings. The van der Waals surface area contributed by atoms with Crippen molar-refractivity contribution < 1.29 is 9.59 Å². The number of halogens is 1. The van der Waals surface area contributed by atoms with Gasteiger partial charge >= 0.3 is 0 Å². The number of hydrogen-bond acceptors (Lipinski definition) is 3. The molecule has 2 N–H and O–H groups in total. The van der Waals surface area contributed by atoms with Gasteiger partial charge in [0.2, 0.25) is 11.8 Å². The second-order valence-corrected chi connectivity index (χ2v) is 6.58. The first-order valence-corrected chi connectivity index (χ1v) is 8.35. The molecule has 0 bridgehead atoms. The molecule has 5 nitrogen and oxygen atoms in total. The molecular weight excluding hydrogens is 302 g/mol. The Balaban J connectivity index is 0.00000242. The van der Waals surface area contributed by atoms with Gasteiger partial charge in [0.15, 0.2) is 0 Å². The topological polar surface area (TPSA) is 66.6 Å². The maximum absolute atomic E-state index is 12.7. The summed E-state index contributed by atoms with van der Waals surface area (Å²) >= 11 is 0. The normalized spacial score (nSPS) is 26.0. The highest BCUT2D eigenvalue weighted by atomic mass is 35.5. The van der Waals surface area contributed by atoms with E-state index in [1.165, 1.54) is 0 Å². The van der Waals surface area contributed by atoms with Crippen LogP contribution in [-0.2, 0) is 9.59 Å².